The summed E-state index contributed by atoms with van der Waals surface area (Å²) in [4.78, 5) is 9.91. The van der Waals surface area contributed by atoms with Crippen molar-refractivity contribution in [3.8, 4) is 0 Å². The lowest BCUT2D eigenvalue weighted by atomic mass is 10.1. The highest BCUT2D eigenvalue weighted by atomic mass is 16.5. The van der Waals surface area contributed by atoms with Crippen LogP contribution in [0, 0.1) is 17.8 Å². The first-order valence-electron chi connectivity index (χ1n) is 9.09. The van der Waals surface area contributed by atoms with Gasteiger partial charge in [-0.3, -0.25) is 9.89 Å². The van der Waals surface area contributed by atoms with Crippen LogP contribution in [0.2, 0.25) is 0 Å². The average molecular weight is 308 g/mol. The first kappa shape index (κ1) is 16.1. The summed E-state index contributed by atoms with van der Waals surface area (Å²) in [6, 6.07) is 0. The van der Waals surface area contributed by atoms with E-state index in [0.29, 0.717) is 0 Å². The fourth-order valence-electron chi connectivity index (χ4n) is 3.52. The molecule has 1 saturated carbocycles. The SMILES string of the molecule is CCNC(=NCC1CC1C)N1CCN(CC2CCOC2)CC1. The standard InChI is InChI=1S/C17H32N4O/c1-3-18-17(19-11-16-10-14(16)2)21-7-5-20(6-8-21)12-15-4-9-22-13-15/h14-16H,3-13H2,1-2H3,(H,18,19). The first-order valence-corrected chi connectivity index (χ1v) is 9.09. The Labute approximate surface area is 135 Å². The largest absolute Gasteiger partial charge is 0.381 e. The fourth-order valence-corrected chi connectivity index (χ4v) is 3.52. The Hall–Kier alpha value is -0.810. The molecule has 0 radical (unpaired) electrons. The van der Waals surface area contributed by atoms with E-state index in [9.17, 15) is 0 Å². The van der Waals surface area contributed by atoms with Crippen LogP contribution >= 0.6 is 0 Å². The third-order valence-electron chi connectivity index (χ3n) is 5.30. The molecule has 22 heavy (non-hydrogen) atoms. The highest BCUT2D eigenvalue weighted by Gasteiger charge is 2.32. The van der Waals surface area contributed by atoms with Gasteiger partial charge in [0.05, 0.1) is 6.61 Å². The van der Waals surface area contributed by atoms with Gasteiger partial charge >= 0.3 is 0 Å². The Kier molecular flexibility index (Phi) is 5.58. The maximum Gasteiger partial charge on any atom is 0.194 e. The van der Waals surface area contributed by atoms with E-state index in [4.69, 9.17) is 9.73 Å². The number of nitrogens with one attached hydrogen (secondary N) is 1. The molecule has 2 saturated heterocycles. The monoisotopic (exact) mass is 308 g/mol. The van der Waals surface area contributed by atoms with E-state index in [1.54, 1.807) is 0 Å². The lowest BCUT2D eigenvalue weighted by molar-refractivity contribution is 0.139. The molecular formula is C17H32N4O. The minimum atomic E-state index is 0.754. The van der Waals surface area contributed by atoms with Crippen molar-refractivity contribution < 1.29 is 4.74 Å². The highest BCUT2D eigenvalue weighted by molar-refractivity contribution is 5.80. The first-order chi connectivity index (χ1) is 10.8. The third-order valence-corrected chi connectivity index (χ3v) is 5.30. The van der Waals surface area contributed by atoms with Crippen molar-refractivity contribution in [1.29, 1.82) is 0 Å². The second-order valence-corrected chi connectivity index (χ2v) is 7.18. The van der Waals surface area contributed by atoms with Gasteiger partial charge in [-0.15, -0.1) is 0 Å². The van der Waals surface area contributed by atoms with Crippen molar-refractivity contribution >= 4 is 5.96 Å². The molecule has 0 spiro atoms. The molecule has 3 aliphatic rings. The van der Waals surface area contributed by atoms with Crippen LogP contribution in [0.15, 0.2) is 4.99 Å². The molecule has 0 aromatic heterocycles. The van der Waals surface area contributed by atoms with Gasteiger partial charge < -0.3 is 15.0 Å². The van der Waals surface area contributed by atoms with E-state index in [0.717, 1.165) is 76.2 Å². The number of aliphatic imine (C=N–C) groups is 1. The molecule has 126 valence electrons. The number of hydrogen-bond acceptors (Lipinski definition) is 3. The van der Waals surface area contributed by atoms with Crippen molar-refractivity contribution in [1.82, 2.24) is 15.1 Å². The van der Waals surface area contributed by atoms with Gasteiger partial charge in [0.1, 0.15) is 0 Å². The van der Waals surface area contributed by atoms with E-state index in [1.165, 1.54) is 19.4 Å². The molecule has 2 aliphatic heterocycles. The summed E-state index contributed by atoms with van der Waals surface area (Å²) in [5.41, 5.74) is 0. The molecule has 0 bridgehead atoms. The molecule has 3 rings (SSSR count). The number of guanidine groups is 1. The summed E-state index contributed by atoms with van der Waals surface area (Å²) < 4.78 is 5.49. The smallest absolute Gasteiger partial charge is 0.194 e. The second-order valence-electron chi connectivity index (χ2n) is 7.18. The van der Waals surface area contributed by atoms with Gasteiger partial charge in [-0.25, -0.2) is 0 Å². The summed E-state index contributed by atoms with van der Waals surface area (Å²) in [5.74, 6) is 3.60. The van der Waals surface area contributed by atoms with Crippen molar-refractivity contribution in [2.75, 3.05) is 59.0 Å². The van der Waals surface area contributed by atoms with Crippen molar-refractivity contribution in [3.05, 3.63) is 0 Å². The summed E-state index contributed by atoms with van der Waals surface area (Å²) >= 11 is 0. The molecular weight excluding hydrogens is 276 g/mol. The van der Waals surface area contributed by atoms with Crippen LogP contribution in [0.3, 0.4) is 0 Å². The van der Waals surface area contributed by atoms with Crippen LogP contribution in [0.25, 0.3) is 0 Å². The van der Waals surface area contributed by atoms with Gasteiger partial charge in [0.15, 0.2) is 5.96 Å². The van der Waals surface area contributed by atoms with Gasteiger partial charge in [0.25, 0.3) is 0 Å². The Morgan fingerprint density at radius 3 is 2.64 bits per heavy atom. The molecule has 0 aromatic carbocycles. The molecule has 2 heterocycles. The number of piperazine rings is 1. The summed E-state index contributed by atoms with van der Waals surface area (Å²) in [7, 11) is 0. The van der Waals surface area contributed by atoms with Crippen LogP contribution in [0.5, 0.6) is 0 Å². The normalized spacial score (nSPS) is 33.3. The number of ether oxygens (including phenoxy) is 1. The van der Waals surface area contributed by atoms with Crippen LogP contribution in [-0.2, 0) is 4.74 Å². The Balaban J connectivity index is 1.44. The van der Waals surface area contributed by atoms with E-state index < -0.39 is 0 Å². The quantitative estimate of drug-likeness (QED) is 0.613. The van der Waals surface area contributed by atoms with Crippen LogP contribution in [0.1, 0.15) is 26.7 Å². The molecule has 5 nitrogen and oxygen atoms in total. The number of nitrogens with zero attached hydrogens (tertiary/aromatic N) is 3. The number of rotatable bonds is 5. The predicted octanol–water partition coefficient (Wildman–Crippen LogP) is 1.26. The average Bonchev–Trinajstić information content (AvgIpc) is 2.99. The highest BCUT2D eigenvalue weighted by Crippen LogP contribution is 2.37. The van der Waals surface area contributed by atoms with E-state index in [-0.39, 0.29) is 0 Å². The van der Waals surface area contributed by atoms with Crippen molar-refractivity contribution in [2.24, 2.45) is 22.7 Å². The van der Waals surface area contributed by atoms with Crippen LogP contribution in [0.4, 0.5) is 0 Å². The minimum Gasteiger partial charge on any atom is -0.381 e. The maximum atomic E-state index is 5.49. The molecule has 0 aromatic rings. The van der Waals surface area contributed by atoms with Gasteiger partial charge in [-0.1, -0.05) is 6.92 Å². The van der Waals surface area contributed by atoms with Gasteiger partial charge in [-0.05, 0) is 37.5 Å². The molecule has 0 amide bonds. The zero-order valence-electron chi connectivity index (χ0n) is 14.3. The van der Waals surface area contributed by atoms with E-state index >= 15 is 0 Å². The van der Waals surface area contributed by atoms with E-state index in [2.05, 4.69) is 29.0 Å². The van der Waals surface area contributed by atoms with Gasteiger partial charge in [0.2, 0.25) is 0 Å². The summed E-state index contributed by atoms with van der Waals surface area (Å²) in [5, 5.41) is 3.48. The molecule has 1 aliphatic carbocycles. The fraction of sp³-hybridized carbons (Fsp3) is 0.941. The summed E-state index contributed by atoms with van der Waals surface area (Å²) in [6.07, 6.45) is 2.60. The molecule has 3 fully saturated rings. The molecule has 5 heteroatoms. The lowest BCUT2D eigenvalue weighted by Gasteiger charge is -2.37. The van der Waals surface area contributed by atoms with Crippen LogP contribution in [-0.4, -0.2) is 74.8 Å². The zero-order chi connectivity index (χ0) is 15.4. The zero-order valence-corrected chi connectivity index (χ0v) is 14.3. The lowest BCUT2D eigenvalue weighted by Crippen LogP contribution is -2.53. The van der Waals surface area contributed by atoms with Crippen molar-refractivity contribution in [3.63, 3.8) is 0 Å². The molecule has 1 N–H and O–H groups in total. The van der Waals surface area contributed by atoms with E-state index in [1.807, 2.05) is 0 Å². The Morgan fingerprint density at radius 2 is 2.05 bits per heavy atom. The minimum absolute atomic E-state index is 0.754. The third kappa shape index (κ3) is 4.35. The second kappa shape index (κ2) is 7.64. The van der Waals surface area contributed by atoms with Crippen LogP contribution < -0.4 is 5.32 Å². The number of hydrogen-bond donors (Lipinski definition) is 1. The Bertz CT molecular complexity index is 373. The maximum absolute atomic E-state index is 5.49. The predicted molar refractivity (Wildman–Crippen MR) is 90.2 cm³/mol. The Morgan fingerprint density at radius 1 is 1.27 bits per heavy atom. The molecule has 3 atom stereocenters. The van der Waals surface area contributed by atoms with Crippen molar-refractivity contribution in [2.45, 2.75) is 26.7 Å². The topological polar surface area (TPSA) is 40.1 Å². The molecule has 3 unspecified atom stereocenters. The summed E-state index contributed by atoms with van der Waals surface area (Å²) in [6.45, 7) is 14.1. The van der Waals surface area contributed by atoms with Gasteiger partial charge in [-0.2, -0.15) is 0 Å². The van der Waals surface area contributed by atoms with Gasteiger partial charge in [0, 0.05) is 52.4 Å².